The van der Waals surface area contributed by atoms with Crippen LogP contribution in [0.25, 0.3) is 21.6 Å². The zero-order chi connectivity index (χ0) is 26.3. The smallest absolute Gasteiger partial charge is 0.267 e. The highest BCUT2D eigenvalue weighted by Gasteiger charge is 2.21. The summed E-state index contributed by atoms with van der Waals surface area (Å²) in [5.74, 6) is 0.940. The number of ether oxygens (including phenoxy) is 1. The van der Waals surface area contributed by atoms with Crippen LogP contribution in [0.3, 0.4) is 0 Å². The molecule has 5 rings (SSSR count). The van der Waals surface area contributed by atoms with E-state index < -0.39 is 0 Å². The molecule has 0 spiro atoms. The molecule has 0 amide bonds. The van der Waals surface area contributed by atoms with Crippen molar-refractivity contribution in [2.24, 2.45) is 0 Å². The third kappa shape index (κ3) is 4.51. The number of Topliss-reactive ketones (excluding diaryl/α,β-unsaturated/α-hetero) is 1. The van der Waals surface area contributed by atoms with Gasteiger partial charge in [-0.3, -0.25) is 14.2 Å². The zero-order valence-electron chi connectivity index (χ0n) is 21.4. The highest BCUT2D eigenvalue weighted by molar-refractivity contribution is 7.99. The first-order valence-corrected chi connectivity index (χ1v) is 13.7. The minimum Gasteiger partial charge on any atom is -0.497 e. The SMILES string of the molecule is COc1ccc(-n2c(C)cc(C(=O)CSc3nc4sc(C)c(C)c4c(=O)n3-c3ccccc3)c2C)cc1. The van der Waals surface area contributed by atoms with Crippen molar-refractivity contribution in [3.8, 4) is 17.1 Å². The molecule has 37 heavy (non-hydrogen) atoms. The van der Waals surface area contributed by atoms with Gasteiger partial charge >= 0.3 is 0 Å². The molecule has 2 aromatic carbocycles. The molecule has 0 bridgehead atoms. The van der Waals surface area contributed by atoms with Crippen molar-refractivity contribution >= 4 is 39.1 Å². The second-order valence-corrected chi connectivity index (χ2v) is 11.0. The third-order valence-electron chi connectivity index (χ3n) is 6.58. The summed E-state index contributed by atoms with van der Waals surface area (Å²) in [6.45, 7) is 7.91. The van der Waals surface area contributed by atoms with E-state index in [9.17, 15) is 9.59 Å². The minimum absolute atomic E-state index is 0.00893. The summed E-state index contributed by atoms with van der Waals surface area (Å²) >= 11 is 2.81. The lowest BCUT2D eigenvalue weighted by Crippen LogP contribution is -2.22. The van der Waals surface area contributed by atoms with Gasteiger partial charge in [-0.2, -0.15) is 0 Å². The van der Waals surface area contributed by atoms with Crippen molar-refractivity contribution in [2.45, 2.75) is 32.9 Å². The van der Waals surface area contributed by atoms with Gasteiger partial charge in [0.05, 0.1) is 23.9 Å². The number of hydrogen-bond donors (Lipinski definition) is 0. The van der Waals surface area contributed by atoms with Gasteiger partial charge in [-0.05, 0) is 75.7 Å². The van der Waals surface area contributed by atoms with Crippen LogP contribution in [0.15, 0.2) is 70.6 Å². The van der Waals surface area contributed by atoms with Crippen molar-refractivity contribution in [1.29, 1.82) is 0 Å². The molecule has 0 saturated heterocycles. The Labute approximate surface area is 223 Å². The highest BCUT2D eigenvalue weighted by Crippen LogP contribution is 2.30. The van der Waals surface area contributed by atoms with E-state index in [1.165, 1.54) is 23.1 Å². The number of thioether (sulfide) groups is 1. The molecule has 0 fully saturated rings. The van der Waals surface area contributed by atoms with Gasteiger partial charge in [0.2, 0.25) is 0 Å². The lowest BCUT2D eigenvalue weighted by atomic mass is 10.2. The highest BCUT2D eigenvalue weighted by atomic mass is 32.2. The summed E-state index contributed by atoms with van der Waals surface area (Å²) < 4.78 is 8.97. The van der Waals surface area contributed by atoms with Crippen LogP contribution >= 0.6 is 23.1 Å². The summed E-state index contributed by atoms with van der Waals surface area (Å²) in [7, 11) is 1.64. The number of benzene rings is 2. The Morgan fingerprint density at radius 3 is 2.32 bits per heavy atom. The monoisotopic (exact) mass is 529 g/mol. The number of thiophene rings is 1. The fraction of sp³-hybridized carbons (Fsp3) is 0.207. The molecule has 3 aromatic heterocycles. The molecule has 8 heteroatoms. The average molecular weight is 530 g/mol. The van der Waals surface area contributed by atoms with Gasteiger partial charge in [-0.1, -0.05) is 30.0 Å². The van der Waals surface area contributed by atoms with Crippen LogP contribution in [0.2, 0.25) is 0 Å². The maximum atomic E-state index is 13.6. The van der Waals surface area contributed by atoms with E-state index >= 15 is 0 Å². The molecule has 0 radical (unpaired) electrons. The summed E-state index contributed by atoms with van der Waals surface area (Å²) in [5, 5.41) is 1.16. The van der Waals surface area contributed by atoms with Crippen LogP contribution in [0.5, 0.6) is 5.75 Å². The molecule has 0 unspecified atom stereocenters. The van der Waals surface area contributed by atoms with Crippen molar-refractivity contribution in [2.75, 3.05) is 12.9 Å². The maximum Gasteiger partial charge on any atom is 0.267 e. The number of rotatable bonds is 7. The van der Waals surface area contributed by atoms with Gasteiger partial charge in [0.15, 0.2) is 10.9 Å². The number of para-hydroxylation sites is 1. The third-order valence-corrected chi connectivity index (χ3v) is 8.62. The Balaban J connectivity index is 1.50. The van der Waals surface area contributed by atoms with E-state index in [1.807, 2.05) is 88.4 Å². The Bertz CT molecular complexity index is 1680. The van der Waals surface area contributed by atoms with Crippen molar-refractivity contribution < 1.29 is 9.53 Å². The summed E-state index contributed by atoms with van der Waals surface area (Å²) in [6, 6.07) is 19.2. The van der Waals surface area contributed by atoms with E-state index in [0.717, 1.165) is 39.0 Å². The number of hydrogen-bond acceptors (Lipinski definition) is 6. The number of aromatic nitrogens is 3. The maximum absolute atomic E-state index is 13.6. The van der Waals surface area contributed by atoms with Crippen LogP contribution in [0.1, 0.15) is 32.2 Å². The molecule has 0 atom stereocenters. The molecular formula is C29H27N3O3S2. The number of carbonyl (C=O) groups excluding carboxylic acids is 1. The predicted molar refractivity (Wildman–Crippen MR) is 152 cm³/mol. The second kappa shape index (κ2) is 10.0. The number of aryl methyl sites for hydroxylation is 3. The summed E-state index contributed by atoms with van der Waals surface area (Å²) in [4.78, 5) is 33.7. The van der Waals surface area contributed by atoms with E-state index in [4.69, 9.17) is 9.72 Å². The van der Waals surface area contributed by atoms with Gasteiger partial charge in [-0.15, -0.1) is 11.3 Å². The quantitative estimate of drug-likeness (QED) is 0.138. The predicted octanol–water partition coefficient (Wildman–Crippen LogP) is 6.46. The van der Waals surface area contributed by atoms with E-state index in [0.29, 0.717) is 20.9 Å². The average Bonchev–Trinajstić information content (AvgIpc) is 3.36. The van der Waals surface area contributed by atoms with Gasteiger partial charge in [0, 0.05) is 27.5 Å². The number of ketones is 1. The normalized spacial score (nSPS) is 11.3. The fourth-order valence-electron chi connectivity index (χ4n) is 4.56. The fourth-order valence-corrected chi connectivity index (χ4v) is 6.52. The van der Waals surface area contributed by atoms with Gasteiger partial charge in [-0.25, -0.2) is 4.98 Å². The number of fused-ring (bicyclic) bond motifs is 1. The molecule has 0 N–H and O–H groups in total. The van der Waals surface area contributed by atoms with Crippen molar-refractivity contribution in [1.82, 2.24) is 14.1 Å². The molecule has 0 saturated carbocycles. The summed E-state index contributed by atoms with van der Waals surface area (Å²) in [6.07, 6.45) is 0. The lowest BCUT2D eigenvalue weighted by molar-refractivity contribution is 0.102. The topological polar surface area (TPSA) is 66.1 Å². The second-order valence-electron chi connectivity index (χ2n) is 8.86. The van der Waals surface area contributed by atoms with Gasteiger partial charge in [0.25, 0.3) is 5.56 Å². The number of nitrogens with zero attached hydrogens (tertiary/aromatic N) is 3. The van der Waals surface area contributed by atoms with Crippen LogP contribution in [0.4, 0.5) is 0 Å². The molecule has 5 aromatic rings. The molecular weight excluding hydrogens is 502 g/mol. The Morgan fingerprint density at radius 2 is 1.65 bits per heavy atom. The first kappa shape index (κ1) is 25.0. The number of carbonyl (C=O) groups is 1. The molecule has 3 heterocycles. The van der Waals surface area contributed by atoms with Crippen molar-refractivity contribution in [3.05, 3.63) is 98.4 Å². The molecule has 188 valence electrons. The molecule has 6 nitrogen and oxygen atoms in total. The Morgan fingerprint density at radius 1 is 0.973 bits per heavy atom. The van der Waals surface area contributed by atoms with Gasteiger partial charge in [0.1, 0.15) is 10.6 Å². The van der Waals surface area contributed by atoms with Crippen LogP contribution in [-0.2, 0) is 0 Å². The van der Waals surface area contributed by atoms with E-state index in [2.05, 4.69) is 4.57 Å². The van der Waals surface area contributed by atoms with E-state index in [-0.39, 0.29) is 17.1 Å². The van der Waals surface area contributed by atoms with Crippen molar-refractivity contribution in [3.63, 3.8) is 0 Å². The van der Waals surface area contributed by atoms with Crippen LogP contribution in [-0.4, -0.2) is 32.8 Å². The number of methoxy groups -OCH3 is 1. The molecule has 0 aliphatic rings. The zero-order valence-corrected chi connectivity index (χ0v) is 23.0. The van der Waals surface area contributed by atoms with Crippen LogP contribution in [0, 0.1) is 27.7 Å². The Hall–Kier alpha value is -3.62. The van der Waals surface area contributed by atoms with Gasteiger partial charge < -0.3 is 9.30 Å². The summed E-state index contributed by atoms with van der Waals surface area (Å²) in [5.41, 5.74) is 5.07. The van der Waals surface area contributed by atoms with E-state index in [1.54, 1.807) is 11.7 Å². The molecule has 0 aliphatic heterocycles. The largest absolute Gasteiger partial charge is 0.497 e. The molecule has 0 aliphatic carbocycles. The lowest BCUT2D eigenvalue weighted by Gasteiger charge is -2.12. The Kier molecular flexibility index (Phi) is 6.79. The standard InChI is InChI=1S/C29H27N3O3S2/c1-17-15-24(19(3)31(17)22-11-13-23(35-5)14-12-22)25(33)16-36-29-30-27-26(18(2)20(4)37-27)28(34)32(29)21-9-7-6-8-10-21/h6-15H,16H2,1-5H3. The first-order valence-electron chi connectivity index (χ1n) is 11.9. The first-order chi connectivity index (χ1) is 17.8. The minimum atomic E-state index is -0.106. The van der Waals surface area contributed by atoms with Crippen LogP contribution < -0.4 is 10.3 Å².